The lowest BCUT2D eigenvalue weighted by Gasteiger charge is -2.09. The van der Waals surface area contributed by atoms with Gasteiger partial charge in [0.05, 0.1) is 0 Å². The van der Waals surface area contributed by atoms with Gasteiger partial charge in [0.1, 0.15) is 5.82 Å². The molecule has 0 spiro atoms. The molecule has 0 N–H and O–H groups in total. The largest absolute Gasteiger partial charge is 0.207 e. The van der Waals surface area contributed by atoms with Crippen LogP contribution in [0, 0.1) is 11.7 Å². The van der Waals surface area contributed by atoms with E-state index in [-0.39, 0.29) is 5.82 Å². The minimum Gasteiger partial charge on any atom is -0.207 e. The molecule has 0 saturated carbocycles. The highest BCUT2D eigenvalue weighted by Gasteiger charge is 2.06. The first kappa shape index (κ1) is 12.0. The van der Waals surface area contributed by atoms with Crippen molar-refractivity contribution in [1.82, 2.24) is 0 Å². The number of rotatable bonds is 4. The van der Waals surface area contributed by atoms with Crippen LogP contribution in [0.1, 0.15) is 38.3 Å². The third-order valence-corrected chi connectivity index (χ3v) is 2.70. The predicted octanol–water partition coefficient (Wildman–Crippen LogP) is 4.45. The fourth-order valence-corrected chi connectivity index (χ4v) is 1.54. The molecule has 0 aliphatic carbocycles. The van der Waals surface area contributed by atoms with Gasteiger partial charge in [0, 0.05) is 0 Å². The van der Waals surface area contributed by atoms with Gasteiger partial charge in [-0.3, -0.25) is 0 Å². The lowest BCUT2D eigenvalue weighted by Crippen LogP contribution is -2.00. The van der Waals surface area contributed by atoms with Gasteiger partial charge < -0.3 is 0 Å². The maximum Gasteiger partial charge on any atom is 0.127 e. The molecular formula is C14H19F. The van der Waals surface area contributed by atoms with Gasteiger partial charge in [0.15, 0.2) is 0 Å². The zero-order chi connectivity index (χ0) is 11.3. The van der Waals surface area contributed by atoms with Crippen LogP contribution in [0.3, 0.4) is 0 Å². The number of halogens is 1. The summed E-state index contributed by atoms with van der Waals surface area (Å²) in [5.41, 5.74) is 1.76. The predicted molar refractivity (Wildman–Crippen MR) is 64.3 cm³/mol. The lowest BCUT2D eigenvalue weighted by molar-refractivity contribution is 0.531. The summed E-state index contributed by atoms with van der Waals surface area (Å²) in [5.74, 6) is 0.470. The smallest absolute Gasteiger partial charge is 0.127 e. The molecule has 1 aromatic rings. The van der Waals surface area contributed by atoms with Crippen LogP contribution in [-0.2, 0) is 6.42 Å². The van der Waals surface area contributed by atoms with E-state index in [9.17, 15) is 4.39 Å². The number of hydrogen-bond donors (Lipinski definition) is 0. The van der Waals surface area contributed by atoms with E-state index < -0.39 is 0 Å². The summed E-state index contributed by atoms with van der Waals surface area (Å²) in [6.45, 7) is 6.22. The Labute approximate surface area is 91.8 Å². The highest BCUT2D eigenvalue weighted by Crippen LogP contribution is 2.17. The Kier molecular flexibility index (Phi) is 4.54. The molecule has 0 heterocycles. The van der Waals surface area contributed by atoms with Crippen molar-refractivity contribution in [2.24, 2.45) is 5.92 Å². The normalized spacial score (nSPS) is 13.3. The summed E-state index contributed by atoms with van der Waals surface area (Å²) >= 11 is 0. The fourth-order valence-electron chi connectivity index (χ4n) is 1.54. The van der Waals surface area contributed by atoms with Gasteiger partial charge in [0.25, 0.3) is 0 Å². The van der Waals surface area contributed by atoms with Crippen LogP contribution in [0.5, 0.6) is 0 Å². The van der Waals surface area contributed by atoms with E-state index in [1.54, 1.807) is 6.07 Å². The van der Waals surface area contributed by atoms with Gasteiger partial charge >= 0.3 is 0 Å². The van der Waals surface area contributed by atoms with Crippen molar-refractivity contribution in [2.45, 2.75) is 33.6 Å². The van der Waals surface area contributed by atoms with Crippen molar-refractivity contribution in [1.29, 1.82) is 0 Å². The summed E-state index contributed by atoms with van der Waals surface area (Å²) in [6, 6.07) is 5.48. The Balaban J connectivity index is 2.83. The summed E-state index contributed by atoms with van der Waals surface area (Å²) in [5, 5.41) is 0. The van der Waals surface area contributed by atoms with Crippen LogP contribution in [0.25, 0.3) is 6.08 Å². The molecule has 0 amide bonds. The van der Waals surface area contributed by atoms with Crippen molar-refractivity contribution < 1.29 is 4.39 Å². The van der Waals surface area contributed by atoms with Crippen LogP contribution in [0.2, 0.25) is 0 Å². The third kappa shape index (κ3) is 3.50. The van der Waals surface area contributed by atoms with E-state index >= 15 is 0 Å². The van der Waals surface area contributed by atoms with Crippen molar-refractivity contribution in [3.05, 3.63) is 41.2 Å². The molecule has 0 bridgehead atoms. The molecular weight excluding hydrogens is 187 g/mol. The zero-order valence-corrected chi connectivity index (χ0v) is 9.76. The molecule has 0 aliphatic heterocycles. The van der Waals surface area contributed by atoms with Gasteiger partial charge in [-0.15, -0.1) is 0 Å². The quantitative estimate of drug-likeness (QED) is 0.683. The molecule has 82 valence electrons. The van der Waals surface area contributed by atoms with Crippen molar-refractivity contribution >= 4 is 6.08 Å². The van der Waals surface area contributed by atoms with Crippen LogP contribution in [-0.4, -0.2) is 0 Å². The molecule has 1 atom stereocenters. The molecule has 1 heteroatoms. The molecule has 1 unspecified atom stereocenters. The van der Waals surface area contributed by atoms with Crippen molar-refractivity contribution in [2.75, 3.05) is 0 Å². The molecule has 0 saturated heterocycles. The van der Waals surface area contributed by atoms with Crippen LogP contribution in [0.4, 0.5) is 4.39 Å². The van der Waals surface area contributed by atoms with E-state index in [0.29, 0.717) is 5.92 Å². The second-order valence-corrected chi connectivity index (χ2v) is 4.07. The number of allylic oxidation sites excluding steroid dienone is 1. The van der Waals surface area contributed by atoms with Crippen LogP contribution in [0.15, 0.2) is 24.3 Å². The Morgan fingerprint density at radius 1 is 1.40 bits per heavy atom. The zero-order valence-electron chi connectivity index (χ0n) is 9.76. The number of hydrogen-bond acceptors (Lipinski definition) is 0. The maximum absolute atomic E-state index is 13.6. The summed E-state index contributed by atoms with van der Waals surface area (Å²) in [6.07, 6.45) is 5.76. The Bertz CT molecular complexity index is 339. The summed E-state index contributed by atoms with van der Waals surface area (Å²) in [7, 11) is 0. The minimum absolute atomic E-state index is 0.0779. The number of benzene rings is 1. The Morgan fingerprint density at radius 2 is 2.13 bits per heavy atom. The fraction of sp³-hybridized carbons (Fsp3) is 0.429. The molecule has 0 nitrogen and oxygen atoms in total. The molecule has 0 radical (unpaired) electrons. The average Bonchev–Trinajstić information content (AvgIpc) is 2.22. The van der Waals surface area contributed by atoms with E-state index in [0.717, 1.165) is 24.0 Å². The van der Waals surface area contributed by atoms with Gasteiger partial charge in [-0.1, -0.05) is 44.6 Å². The van der Waals surface area contributed by atoms with E-state index in [4.69, 9.17) is 0 Å². The third-order valence-electron chi connectivity index (χ3n) is 2.70. The summed E-state index contributed by atoms with van der Waals surface area (Å²) in [4.78, 5) is 0. The van der Waals surface area contributed by atoms with E-state index in [1.807, 2.05) is 31.2 Å². The van der Waals surface area contributed by atoms with Crippen molar-refractivity contribution in [3.63, 3.8) is 0 Å². The molecule has 1 rings (SSSR count). The topological polar surface area (TPSA) is 0 Å². The maximum atomic E-state index is 13.6. The first-order valence-corrected chi connectivity index (χ1v) is 5.58. The minimum atomic E-state index is -0.0779. The van der Waals surface area contributed by atoms with E-state index in [1.165, 1.54) is 0 Å². The average molecular weight is 206 g/mol. The second-order valence-electron chi connectivity index (χ2n) is 4.07. The first-order chi connectivity index (χ1) is 7.17. The van der Waals surface area contributed by atoms with Crippen LogP contribution >= 0.6 is 0 Å². The van der Waals surface area contributed by atoms with Gasteiger partial charge in [-0.25, -0.2) is 4.39 Å². The molecule has 1 aromatic carbocycles. The first-order valence-electron chi connectivity index (χ1n) is 5.58. The monoisotopic (exact) mass is 206 g/mol. The van der Waals surface area contributed by atoms with Crippen LogP contribution < -0.4 is 0 Å². The lowest BCUT2D eigenvalue weighted by atomic mass is 9.97. The Morgan fingerprint density at radius 3 is 2.67 bits per heavy atom. The van der Waals surface area contributed by atoms with Crippen molar-refractivity contribution in [3.8, 4) is 0 Å². The van der Waals surface area contributed by atoms with E-state index in [2.05, 4.69) is 13.8 Å². The molecule has 0 aromatic heterocycles. The molecule has 0 fully saturated rings. The highest BCUT2D eigenvalue weighted by atomic mass is 19.1. The second kappa shape index (κ2) is 5.69. The molecule has 15 heavy (non-hydrogen) atoms. The van der Waals surface area contributed by atoms with Gasteiger partial charge in [-0.05, 0) is 36.5 Å². The molecule has 0 aliphatic rings. The highest BCUT2D eigenvalue weighted by molar-refractivity contribution is 5.49. The standard InChI is InChI=1S/C14H19F/c1-4-6-12-7-8-13(14(15)10-12)9-11(3)5-2/h4,6-8,10-11H,5,9H2,1-3H3/b6-4+. The van der Waals surface area contributed by atoms with Gasteiger partial charge in [-0.2, -0.15) is 0 Å². The Hall–Kier alpha value is -1.11. The SMILES string of the molecule is C/C=C/c1ccc(CC(C)CC)c(F)c1. The van der Waals surface area contributed by atoms with Gasteiger partial charge in [0.2, 0.25) is 0 Å². The summed E-state index contributed by atoms with van der Waals surface area (Å²) < 4.78 is 13.6.